The van der Waals surface area contributed by atoms with Gasteiger partial charge in [-0.1, -0.05) is 6.07 Å². The number of amides is 1. The summed E-state index contributed by atoms with van der Waals surface area (Å²) in [5.41, 5.74) is 2.54. The molecule has 2 N–H and O–H groups in total. The van der Waals surface area contributed by atoms with E-state index in [0.29, 0.717) is 10.6 Å². The second-order valence-corrected chi connectivity index (χ2v) is 11.3. The SMILES string of the molecule is CSc1cc(F)cc(C(=O)NCc2cc3nc(-c4cccc(N5CCC(C(C)(C)O)CC5)n4)ccc3cn2)c1. The summed E-state index contributed by atoms with van der Waals surface area (Å²) in [6.45, 7) is 5.67. The molecule has 202 valence electrons. The number of carbonyl (C=O) groups excluding carboxylic acids is 1. The molecule has 0 aliphatic carbocycles. The van der Waals surface area contributed by atoms with Crippen molar-refractivity contribution >= 4 is 34.4 Å². The van der Waals surface area contributed by atoms with Gasteiger partial charge in [-0.2, -0.15) is 0 Å². The van der Waals surface area contributed by atoms with Crippen LogP contribution in [0.4, 0.5) is 10.2 Å². The number of carbonyl (C=O) groups is 1. The first-order valence-corrected chi connectivity index (χ1v) is 14.3. The summed E-state index contributed by atoms with van der Waals surface area (Å²) in [6, 6.07) is 16.0. The number of nitrogens with zero attached hydrogens (tertiary/aromatic N) is 4. The third-order valence-electron chi connectivity index (χ3n) is 7.24. The molecule has 0 atom stereocenters. The lowest BCUT2D eigenvalue weighted by Crippen LogP contribution is -2.42. The highest BCUT2D eigenvalue weighted by molar-refractivity contribution is 7.98. The molecule has 5 rings (SSSR count). The van der Waals surface area contributed by atoms with Crippen molar-refractivity contribution in [2.45, 2.75) is 43.7 Å². The van der Waals surface area contributed by atoms with Crippen molar-refractivity contribution in [1.29, 1.82) is 0 Å². The van der Waals surface area contributed by atoms with E-state index in [1.54, 1.807) is 12.3 Å². The molecule has 0 unspecified atom stereocenters. The number of aromatic nitrogens is 3. The fraction of sp³-hybridized carbons (Fsp3) is 0.333. The number of benzene rings is 1. The summed E-state index contributed by atoms with van der Waals surface area (Å²) in [5, 5.41) is 14.1. The highest BCUT2D eigenvalue weighted by Crippen LogP contribution is 2.30. The minimum absolute atomic E-state index is 0.195. The largest absolute Gasteiger partial charge is 0.390 e. The summed E-state index contributed by atoms with van der Waals surface area (Å²) in [7, 11) is 0. The average molecular weight is 546 g/mol. The third kappa shape index (κ3) is 6.37. The first-order valence-electron chi connectivity index (χ1n) is 13.0. The van der Waals surface area contributed by atoms with Gasteiger partial charge >= 0.3 is 0 Å². The van der Waals surface area contributed by atoms with Gasteiger partial charge < -0.3 is 15.3 Å². The number of hydrogen-bond donors (Lipinski definition) is 2. The van der Waals surface area contributed by atoms with Gasteiger partial charge in [0.05, 0.1) is 34.7 Å². The lowest BCUT2D eigenvalue weighted by molar-refractivity contribution is 0.00645. The Balaban J connectivity index is 1.30. The molecule has 1 saturated heterocycles. The van der Waals surface area contributed by atoms with Crippen LogP contribution in [0.25, 0.3) is 22.3 Å². The van der Waals surface area contributed by atoms with Gasteiger partial charge in [0.2, 0.25) is 0 Å². The first kappa shape index (κ1) is 27.0. The number of hydrogen-bond acceptors (Lipinski definition) is 7. The normalized spacial score (nSPS) is 14.5. The number of thioether (sulfide) groups is 1. The third-order valence-corrected chi connectivity index (χ3v) is 7.95. The van der Waals surface area contributed by atoms with Crippen molar-refractivity contribution in [3.05, 3.63) is 77.9 Å². The van der Waals surface area contributed by atoms with Gasteiger partial charge in [-0.25, -0.2) is 14.4 Å². The smallest absolute Gasteiger partial charge is 0.251 e. The van der Waals surface area contributed by atoms with Crippen LogP contribution in [0, 0.1) is 11.7 Å². The highest BCUT2D eigenvalue weighted by atomic mass is 32.2. The van der Waals surface area contributed by atoms with Gasteiger partial charge in [-0.05, 0) is 87.4 Å². The average Bonchev–Trinajstić information content (AvgIpc) is 2.94. The predicted molar refractivity (Wildman–Crippen MR) is 153 cm³/mol. The van der Waals surface area contributed by atoms with Crippen molar-refractivity contribution < 1.29 is 14.3 Å². The van der Waals surface area contributed by atoms with Crippen molar-refractivity contribution in [2.75, 3.05) is 24.2 Å². The Morgan fingerprint density at radius 1 is 1.10 bits per heavy atom. The van der Waals surface area contributed by atoms with Gasteiger partial charge in [0.1, 0.15) is 11.6 Å². The zero-order valence-electron chi connectivity index (χ0n) is 22.3. The summed E-state index contributed by atoms with van der Waals surface area (Å²) in [6.07, 6.45) is 5.42. The molecule has 3 aromatic heterocycles. The lowest BCUT2D eigenvalue weighted by Gasteiger charge is -2.38. The van der Waals surface area contributed by atoms with E-state index in [1.807, 2.05) is 56.5 Å². The maximum Gasteiger partial charge on any atom is 0.251 e. The maximum absolute atomic E-state index is 13.8. The summed E-state index contributed by atoms with van der Waals surface area (Å²) < 4.78 is 13.8. The number of rotatable bonds is 7. The van der Waals surface area contributed by atoms with E-state index in [2.05, 4.69) is 15.2 Å². The Kier molecular flexibility index (Phi) is 7.81. The van der Waals surface area contributed by atoms with E-state index in [4.69, 9.17) is 9.97 Å². The Bertz CT molecular complexity index is 1500. The summed E-state index contributed by atoms with van der Waals surface area (Å²) >= 11 is 1.38. The number of piperidine rings is 1. The molecule has 7 nitrogen and oxygen atoms in total. The molecule has 1 aliphatic rings. The molecule has 0 bridgehead atoms. The number of fused-ring (bicyclic) bond motifs is 1. The van der Waals surface area contributed by atoms with Gasteiger partial charge in [0.25, 0.3) is 5.91 Å². The predicted octanol–water partition coefficient (Wildman–Crippen LogP) is 5.47. The van der Waals surface area contributed by atoms with Crippen LogP contribution < -0.4 is 10.2 Å². The molecule has 9 heteroatoms. The van der Waals surface area contributed by atoms with Crippen LogP contribution in [0.3, 0.4) is 0 Å². The zero-order chi connectivity index (χ0) is 27.6. The minimum atomic E-state index is -0.663. The monoisotopic (exact) mass is 545 g/mol. The van der Waals surface area contributed by atoms with Crippen molar-refractivity contribution in [3.8, 4) is 11.4 Å². The molecule has 1 amide bonds. The van der Waals surface area contributed by atoms with Crippen LogP contribution in [0.2, 0.25) is 0 Å². The standard InChI is InChI=1S/C30H32FN5O2S/c1-30(2,38)21-9-11-36(12-10-21)28-6-4-5-25(35-28)26-8-7-19-17-32-23(16-27(19)34-26)18-33-29(37)20-13-22(31)15-24(14-20)39-3/h4-8,13-17,21,38H,9-12,18H2,1-3H3,(H,33,37). The van der Waals surface area contributed by atoms with Gasteiger partial charge in [0.15, 0.2) is 0 Å². The molecular weight excluding hydrogens is 513 g/mol. The molecule has 0 saturated carbocycles. The maximum atomic E-state index is 13.8. The molecule has 39 heavy (non-hydrogen) atoms. The van der Waals surface area contributed by atoms with Crippen LogP contribution in [0.15, 0.2) is 65.7 Å². The van der Waals surface area contributed by atoms with E-state index in [9.17, 15) is 14.3 Å². The van der Waals surface area contributed by atoms with E-state index >= 15 is 0 Å². The van der Waals surface area contributed by atoms with Crippen LogP contribution >= 0.6 is 11.8 Å². The van der Waals surface area contributed by atoms with E-state index in [-0.39, 0.29) is 23.9 Å². The number of halogens is 1. The van der Waals surface area contributed by atoms with Crippen molar-refractivity contribution in [2.24, 2.45) is 5.92 Å². The first-order chi connectivity index (χ1) is 18.7. The van der Waals surface area contributed by atoms with E-state index in [1.165, 1.54) is 23.9 Å². The van der Waals surface area contributed by atoms with E-state index < -0.39 is 11.4 Å². The van der Waals surface area contributed by atoms with Crippen LogP contribution in [0.5, 0.6) is 0 Å². The number of anilines is 1. The summed E-state index contributed by atoms with van der Waals surface area (Å²) in [4.78, 5) is 29.8. The summed E-state index contributed by atoms with van der Waals surface area (Å²) in [5.74, 6) is 0.391. The molecule has 1 aromatic carbocycles. The quantitative estimate of drug-likeness (QED) is 0.298. The molecule has 1 aliphatic heterocycles. The van der Waals surface area contributed by atoms with Crippen LogP contribution in [-0.4, -0.2) is 50.9 Å². The molecule has 4 aromatic rings. The Morgan fingerprint density at radius 3 is 2.62 bits per heavy atom. The number of nitrogens with one attached hydrogen (secondary N) is 1. The second-order valence-electron chi connectivity index (χ2n) is 10.4. The van der Waals surface area contributed by atoms with E-state index in [0.717, 1.165) is 54.0 Å². The highest BCUT2D eigenvalue weighted by Gasteiger charge is 2.30. The zero-order valence-corrected chi connectivity index (χ0v) is 23.1. The number of pyridine rings is 3. The molecular formula is C30H32FN5O2S. The Labute approximate surface area is 231 Å². The topological polar surface area (TPSA) is 91.2 Å². The fourth-order valence-electron chi connectivity index (χ4n) is 4.94. The second kappa shape index (κ2) is 11.3. The Morgan fingerprint density at radius 2 is 1.87 bits per heavy atom. The van der Waals surface area contributed by atoms with Gasteiger partial charge in [-0.3, -0.25) is 9.78 Å². The lowest BCUT2D eigenvalue weighted by atomic mass is 9.83. The Hall–Kier alpha value is -3.56. The van der Waals surface area contributed by atoms with Crippen LogP contribution in [-0.2, 0) is 6.54 Å². The molecule has 1 fully saturated rings. The molecule has 0 spiro atoms. The fourth-order valence-corrected chi connectivity index (χ4v) is 5.41. The van der Waals surface area contributed by atoms with Crippen LogP contribution in [0.1, 0.15) is 42.7 Å². The van der Waals surface area contributed by atoms with Gasteiger partial charge in [0, 0.05) is 35.1 Å². The minimum Gasteiger partial charge on any atom is -0.390 e. The molecule has 4 heterocycles. The van der Waals surface area contributed by atoms with Gasteiger partial charge in [-0.15, -0.1) is 11.8 Å². The molecule has 0 radical (unpaired) electrons. The van der Waals surface area contributed by atoms with Crippen molar-refractivity contribution in [1.82, 2.24) is 20.3 Å². The van der Waals surface area contributed by atoms with Crippen molar-refractivity contribution in [3.63, 3.8) is 0 Å². The number of aliphatic hydroxyl groups is 1.